The zero-order chi connectivity index (χ0) is 27.6. The molecule has 4 aromatic rings. The minimum Gasteiger partial charge on any atom is -0.493 e. The third-order valence-electron chi connectivity index (χ3n) is 8.20. The molecule has 8 heteroatoms. The third-order valence-corrected chi connectivity index (χ3v) is 8.20. The van der Waals surface area contributed by atoms with Crippen molar-refractivity contribution < 1.29 is 9.47 Å². The van der Waals surface area contributed by atoms with Crippen LogP contribution in [0.25, 0.3) is 16.6 Å². The molecule has 0 bridgehead atoms. The van der Waals surface area contributed by atoms with Crippen molar-refractivity contribution in [2.45, 2.75) is 58.4 Å². The van der Waals surface area contributed by atoms with Gasteiger partial charge in [-0.05, 0) is 55.4 Å². The number of hydrogen-bond acceptors (Lipinski definition) is 7. The summed E-state index contributed by atoms with van der Waals surface area (Å²) in [5, 5.41) is 10.6. The van der Waals surface area contributed by atoms with Gasteiger partial charge in [0.05, 0.1) is 25.5 Å². The number of morpholine rings is 1. The predicted octanol–water partition coefficient (Wildman–Crippen LogP) is 5.47. The molecule has 1 saturated heterocycles. The Hall–Kier alpha value is -3.07. The molecule has 0 radical (unpaired) electrons. The highest BCUT2D eigenvalue weighted by Gasteiger charge is 2.25. The fourth-order valence-corrected chi connectivity index (χ4v) is 5.97. The minimum absolute atomic E-state index is 0.311. The Balaban J connectivity index is 1.25. The van der Waals surface area contributed by atoms with E-state index in [0.717, 1.165) is 76.6 Å². The fourth-order valence-electron chi connectivity index (χ4n) is 5.97. The second kappa shape index (κ2) is 14.5. The maximum Gasteiger partial charge on any atom is 0.252 e. The first-order valence-corrected chi connectivity index (χ1v) is 15.1. The van der Waals surface area contributed by atoms with Gasteiger partial charge in [-0.25, -0.2) is 9.50 Å². The van der Waals surface area contributed by atoms with Crippen molar-refractivity contribution >= 4 is 16.6 Å². The van der Waals surface area contributed by atoms with Crippen LogP contribution in [0.1, 0.15) is 63.1 Å². The van der Waals surface area contributed by atoms with Crippen molar-refractivity contribution in [1.82, 2.24) is 29.8 Å². The molecule has 0 saturated carbocycles. The van der Waals surface area contributed by atoms with Crippen LogP contribution in [0.4, 0.5) is 0 Å². The number of fused-ring (bicyclic) bond motifs is 2. The number of unbranched alkanes of at least 4 members (excludes halogenated alkanes) is 1. The van der Waals surface area contributed by atoms with Crippen molar-refractivity contribution in [1.29, 1.82) is 0 Å². The summed E-state index contributed by atoms with van der Waals surface area (Å²) in [4.78, 5) is 11.2. The third kappa shape index (κ3) is 6.97. The summed E-state index contributed by atoms with van der Waals surface area (Å²) in [6.45, 7) is 12.0. The fraction of sp³-hybridized carbons (Fsp3) is 0.531. The zero-order valence-electron chi connectivity index (χ0n) is 24.1. The molecule has 214 valence electrons. The van der Waals surface area contributed by atoms with Crippen LogP contribution in [-0.2, 0) is 11.3 Å². The van der Waals surface area contributed by atoms with Crippen LogP contribution in [-0.4, -0.2) is 70.5 Å². The number of nitrogens with one attached hydrogen (secondary N) is 1. The van der Waals surface area contributed by atoms with Gasteiger partial charge in [-0.3, -0.25) is 4.90 Å². The van der Waals surface area contributed by atoms with Gasteiger partial charge in [0.1, 0.15) is 12.1 Å². The van der Waals surface area contributed by atoms with Crippen molar-refractivity contribution in [3.63, 3.8) is 0 Å². The zero-order valence-corrected chi connectivity index (χ0v) is 24.1. The van der Waals surface area contributed by atoms with Crippen molar-refractivity contribution in [2.24, 2.45) is 5.92 Å². The first-order chi connectivity index (χ1) is 19.8. The molecule has 2 atom stereocenters. The second-order valence-electron chi connectivity index (χ2n) is 10.8. The number of hydrogen-bond donors (Lipinski definition) is 1. The summed E-state index contributed by atoms with van der Waals surface area (Å²) in [5.41, 5.74) is 2.48. The van der Waals surface area contributed by atoms with Gasteiger partial charge >= 0.3 is 0 Å². The first-order valence-electron chi connectivity index (χ1n) is 15.1. The molecular weight excluding hydrogens is 500 g/mol. The van der Waals surface area contributed by atoms with E-state index in [9.17, 15) is 0 Å². The Bertz CT molecular complexity index is 1340. The Kier molecular flexibility index (Phi) is 10.3. The molecule has 0 spiro atoms. The lowest BCUT2D eigenvalue weighted by Gasteiger charge is -2.27. The largest absolute Gasteiger partial charge is 0.493 e. The minimum atomic E-state index is 0.311. The van der Waals surface area contributed by atoms with Crippen LogP contribution in [0.3, 0.4) is 0 Å². The average molecular weight is 545 g/mol. The molecule has 1 aliphatic heterocycles. The van der Waals surface area contributed by atoms with Crippen LogP contribution in [0.5, 0.6) is 5.75 Å². The molecule has 0 aliphatic carbocycles. The van der Waals surface area contributed by atoms with Gasteiger partial charge in [-0.1, -0.05) is 57.0 Å². The Labute approximate surface area is 238 Å². The lowest BCUT2D eigenvalue weighted by atomic mass is 9.84. The summed E-state index contributed by atoms with van der Waals surface area (Å²) in [5.74, 6) is 2.29. The molecule has 1 N–H and O–H groups in total. The predicted molar refractivity (Wildman–Crippen MR) is 160 cm³/mol. The van der Waals surface area contributed by atoms with E-state index >= 15 is 0 Å². The van der Waals surface area contributed by atoms with Crippen LogP contribution in [0.2, 0.25) is 0 Å². The van der Waals surface area contributed by atoms with E-state index in [2.05, 4.69) is 81.6 Å². The Morgan fingerprint density at radius 1 is 1.00 bits per heavy atom. The van der Waals surface area contributed by atoms with E-state index in [0.29, 0.717) is 24.2 Å². The maximum absolute atomic E-state index is 6.64. The van der Waals surface area contributed by atoms with Gasteiger partial charge in [0.15, 0.2) is 0 Å². The number of nitrogens with zero attached hydrogens (tertiary/aromatic N) is 5. The van der Waals surface area contributed by atoms with Crippen LogP contribution in [0, 0.1) is 5.92 Å². The van der Waals surface area contributed by atoms with E-state index in [1.165, 1.54) is 29.2 Å². The number of rotatable bonds is 15. The van der Waals surface area contributed by atoms with E-state index < -0.39 is 0 Å². The lowest BCUT2D eigenvalue weighted by Crippen LogP contribution is -2.37. The molecule has 3 heterocycles. The van der Waals surface area contributed by atoms with Crippen LogP contribution >= 0.6 is 0 Å². The molecule has 8 nitrogen and oxygen atoms in total. The van der Waals surface area contributed by atoms with Gasteiger partial charge in [0, 0.05) is 43.1 Å². The molecule has 2 aromatic heterocycles. The quantitative estimate of drug-likeness (QED) is 0.199. The van der Waals surface area contributed by atoms with E-state index in [1.807, 2.05) is 10.7 Å². The number of benzene rings is 2. The highest BCUT2D eigenvalue weighted by atomic mass is 16.5. The van der Waals surface area contributed by atoms with Crippen molar-refractivity contribution in [3.8, 4) is 5.75 Å². The van der Waals surface area contributed by atoms with Crippen molar-refractivity contribution in [2.75, 3.05) is 46.0 Å². The summed E-state index contributed by atoms with van der Waals surface area (Å²) in [6, 6.07) is 15.1. The van der Waals surface area contributed by atoms with Gasteiger partial charge < -0.3 is 14.8 Å². The van der Waals surface area contributed by atoms with E-state index in [1.54, 1.807) is 6.33 Å². The lowest BCUT2D eigenvalue weighted by molar-refractivity contribution is 0.0374. The Morgan fingerprint density at radius 3 is 2.67 bits per heavy atom. The van der Waals surface area contributed by atoms with Gasteiger partial charge in [-0.2, -0.15) is 10.1 Å². The molecule has 0 amide bonds. The summed E-state index contributed by atoms with van der Waals surface area (Å²) >= 11 is 0. The van der Waals surface area contributed by atoms with E-state index in [4.69, 9.17) is 9.47 Å². The van der Waals surface area contributed by atoms with Gasteiger partial charge in [0.2, 0.25) is 0 Å². The molecule has 1 fully saturated rings. The number of ether oxygens (including phenoxy) is 2. The molecule has 40 heavy (non-hydrogen) atoms. The maximum atomic E-state index is 6.64. The highest BCUT2D eigenvalue weighted by molar-refractivity contribution is 5.91. The normalized spacial score (nSPS) is 15.9. The standard InChI is InChI=1S/C32H44N6O2/c1-3-5-9-26(27(4-2)30-14-16-34-32-35-24-36-38(30)32)23-40-31-13-12-25(28-10-6-7-11-29(28)31)22-33-15-8-17-37-18-20-39-21-19-37/h6-7,10-14,16,24,26-27,33H,3-5,8-9,15,17-23H2,1-2H3. The average Bonchev–Trinajstić information content (AvgIpc) is 3.49. The summed E-state index contributed by atoms with van der Waals surface area (Å²) < 4.78 is 14.0. The monoisotopic (exact) mass is 544 g/mol. The SMILES string of the molecule is CCCCC(COc1ccc(CNCCCN2CCOCC2)c2ccccc12)C(CC)c1ccnc2ncnn12. The topological polar surface area (TPSA) is 76.8 Å². The summed E-state index contributed by atoms with van der Waals surface area (Å²) in [7, 11) is 0. The molecule has 2 aromatic carbocycles. The van der Waals surface area contributed by atoms with Crippen LogP contribution < -0.4 is 10.1 Å². The van der Waals surface area contributed by atoms with E-state index in [-0.39, 0.29) is 0 Å². The smallest absolute Gasteiger partial charge is 0.252 e. The van der Waals surface area contributed by atoms with Gasteiger partial charge in [0.25, 0.3) is 5.78 Å². The molecular formula is C32H44N6O2. The Morgan fingerprint density at radius 2 is 1.85 bits per heavy atom. The molecule has 5 rings (SSSR count). The van der Waals surface area contributed by atoms with Crippen LogP contribution in [0.15, 0.2) is 55.0 Å². The second-order valence-corrected chi connectivity index (χ2v) is 10.8. The molecule has 2 unspecified atom stereocenters. The van der Waals surface area contributed by atoms with Gasteiger partial charge in [-0.15, -0.1) is 0 Å². The number of aromatic nitrogens is 4. The first kappa shape index (κ1) is 28.5. The summed E-state index contributed by atoms with van der Waals surface area (Å²) in [6.07, 6.45) is 9.04. The van der Waals surface area contributed by atoms with Crippen molar-refractivity contribution in [3.05, 3.63) is 66.2 Å². The highest BCUT2D eigenvalue weighted by Crippen LogP contribution is 2.34. The molecule has 1 aliphatic rings.